The van der Waals surface area contributed by atoms with Gasteiger partial charge in [0.05, 0.1) is 0 Å². The topological polar surface area (TPSA) is 70.6 Å². The molecule has 0 radical (unpaired) electrons. The summed E-state index contributed by atoms with van der Waals surface area (Å²) in [5.74, 6) is 1.24. The lowest BCUT2D eigenvalue weighted by Crippen LogP contribution is -2.34. The Morgan fingerprint density at radius 1 is 1.50 bits per heavy atom. The molecular formula is C12H25N3O. The highest BCUT2D eigenvalue weighted by Gasteiger charge is 2.15. The zero-order chi connectivity index (χ0) is 11.8. The van der Waals surface area contributed by atoms with Gasteiger partial charge in [0, 0.05) is 12.5 Å². The summed E-state index contributed by atoms with van der Waals surface area (Å²) in [6.07, 6.45) is 8.54. The van der Waals surface area contributed by atoms with Crippen LogP contribution in [0.1, 0.15) is 51.9 Å². The first kappa shape index (κ1) is 13.3. The molecule has 0 aliphatic heterocycles. The maximum Gasteiger partial charge on any atom is 0.140 e. The summed E-state index contributed by atoms with van der Waals surface area (Å²) in [4.78, 5) is 0. The van der Waals surface area contributed by atoms with Crippen molar-refractivity contribution in [3.05, 3.63) is 0 Å². The van der Waals surface area contributed by atoms with Crippen molar-refractivity contribution in [3.63, 3.8) is 0 Å². The van der Waals surface area contributed by atoms with Crippen molar-refractivity contribution in [3.8, 4) is 0 Å². The number of hydrogen-bond donors (Lipinski definition) is 3. The van der Waals surface area contributed by atoms with E-state index in [1.54, 1.807) is 0 Å². The van der Waals surface area contributed by atoms with Gasteiger partial charge in [-0.1, -0.05) is 37.8 Å². The first-order chi connectivity index (χ1) is 7.76. The highest BCUT2D eigenvalue weighted by molar-refractivity contribution is 5.80. The lowest BCUT2D eigenvalue weighted by Gasteiger charge is -2.17. The Kier molecular flexibility index (Phi) is 6.23. The van der Waals surface area contributed by atoms with Gasteiger partial charge in [0.25, 0.3) is 0 Å². The largest absolute Gasteiger partial charge is 0.409 e. The normalized spacial score (nSPS) is 20.2. The van der Waals surface area contributed by atoms with Crippen molar-refractivity contribution in [2.45, 2.75) is 57.9 Å². The van der Waals surface area contributed by atoms with Gasteiger partial charge in [-0.15, -0.1) is 0 Å². The molecule has 0 spiro atoms. The Labute approximate surface area is 98.3 Å². The van der Waals surface area contributed by atoms with Crippen LogP contribution in [0.5, 0.6) is 0 Å². The molecule has 0 aromatic carbocycles. The van der Waals surface area contributed by atoms with Gasteiger partial charge in [0.15, 0.2) is 0 Å². The second kappa shape index (κ2) is 7.49. The van der Waals surface area contributed by atoms with E-state index < -0.39 is 0 Å². The number of hydrogen-bond acceptors (Lipinski definition) is 3. The van der Waals surface area contributed by atoms with Crippen molar-refractivity contribution in [1.82, 2.24) is 5.32 Å². The van der Waals surface area contributed by atoms with Crippen molar-refractivity contribution in [2.24, 2.45) is 16.8 Å². The van der Waals surface area contributed by atoms with Gasteiger partial charge in [-0.3, -0.25) is 0 Å². The summed E-state index contributed by atoms with van der Waals surface area (Å²) >= 11 is 0. The predicted octanol–water partition coefficient (Wildman–Crippen LogP) is 2.07. The van der Waals surface area contributed by atoms with Crippen molar-refractivity contribution in [1.29, 1.82) is 0 Å². The maximum atomic E-state index is 8.51. The van der Waals surface area contributed by atoms with E-state index in [0.717, 1.165) is 18.9 Å². The minimum absolute atomic E-state index is 0.320. The van der Waals surface area contributed by atoms with E-state index in [0.29, 0.717) is 18.3 Å². The quantitative estimate of drug-likeness (QED) is 0.270. The zero-order valence-corrected chi connectivity index (χ0v) is 10.3. The van der Waals surface area contributed by atoms with E-state index in [1.165, 1.54) is 32.1 Å². The summed E-state index contributed by atoms with van der Waals surface area (Å²) in [5.41, 5.74) is 5.50. The van der Waals surface area contributed by atoms with Crippen molar-refractivity contribution < 1.29 is 5.21 Å². The standard InChI is InChI=1S/C12H25N3O/c1-2-11(9-12(13)15-16)14-8-7-10-5-3-4-6-10/h10-11,14,16H,2-9H2,1H3,(H2,13,15). The van der Waals surface area contributed by atoms with Crippen LogP contribution < -0.4 is 11.1 Å². The Balaban J connectivity index is 2.12. The van der Waals surface area contributed by atoms with E-state index in [1.807, 2.05) is 0 Å². The lowest BCUT2D eigenvalue weighted by molar-refractivity contribution is 0.315. The molecule has 0 saturated heterocycles. The molecule has 1 rings (SSSR count). The fourth-order valence-electron chi connectivity index (χ4n) is 2.44. The molecule has 1 aliphatic carbocycles. The fraction of sp³-hybridized carbons (Fsp3) is 0.917. The molecule has 1 unspecified atom stereocenters. The number of nitrogens with zero attached hydrogens (tertiary/aromatic N) is 1. The molecule has 0 aromatic rings. The third kappa shape index (κ3) is 4.84. The second-order valence-electron chi connectivity index (χ2n) is 4.79. The smallest absolute Gasteiger partial charge is 0.140 e. The fourth-order valence-corrected chi connectivity index (χ4v) is 2.44. The Hall–Kier alpha value is -0.770. The number of rotatable bonds is 7. The highest BCUT2D eigenvalue weighted by atomic mass is 16.4. The minimum atomic E-state index is 0.320. The van der Waals surface area contributed by atoms with Crippen LogP contribution in [0.15, 0.2) is 5.16 Å². The summed E-state index contributed by atoms with van der Waals surface area (Å²) in [6, 6.07) is 0.345. The molecule has 0 heterocycles. The van der Waals surface area contributed by atoms with Crippen LogP contribution in [0.3, 0.4) is 0 Å². The highest BCUT2D eigenvalue weighted by Crippen LogP contribution is 2.26. The molecular weight excluding hydrogens is 202 g/mol. The average Bonchev–Trinajstić information content (AvgIpc) is 2.80. The molecule has 16 heavy (non-hydrogen) atoms. The zero-order valence-electron chi connectivity index (χ0n) is 10.3. The molecule has 1 saturated carbocycles. The van der Waals surface area contributed by atoms with E-state index in [-0.39, 0.29) is 0 Å². The van der Waals surface area contributed by atoms with Gasteiger partial charge in [0.1, 0.15) is 5.84 Å². The second-order valence-corrected chi connectivity index (χ2v) is 4.79. The van der Waals surface area contributed by atoms with Crippen LogP contribution in [-0.4, -0.2) is 23.6 Å². The molecule has 4 N–H and O–H groups in total. The van der Waals surface area contributed by atoms with E-state index in [9.17, 15) is 0 Å². The van der Waals surface area contributed by atoms with E-state index >= 15 is 0 Å². The number of amidine groups is 1. The summed E-state index contributed by atoms with van der Waals surface area (Å²) in [6.45, 7) is 3.18. The Morgan fingerprint density at radius 3 is 2.75 bits per heavy atom. The van der Waals surface area contributed by atoms with E-state index in [4.69, 9.17) is 10.9 Å². The lowest BCUT2D eigenvalue weighted by atomic mass is 10.0. The van der Waals surface area contributed by atoms with Gasteiger partial charge in [-0.2, -0.15) is 0 Å². The Bertz CT molecular complexity index is 212. The summed E-state index contributed by atoms with van der Waals surface area (Å²) in [7, 11) is 0. The third-order valence-electron chi connectivity index (χ3n) is 3.54. The van der Waals surface area contributed by atoms with Crippen molar-refractivity contribution >= 4 is 5.84 Å². The average molecular weight is 227 g/mol. The van der Waals surface area contributed by atoms with Gasteiger partial charge in [-0.05, 0) is 25.3 Å². The van der Waals surface area contributed by atoms with Crippen LogP contribution >= 0.6 is 0 Å². The van der Waals surface area contributed by atoms with Gasteiger partial charge >= 0.3 is 0 Å². The molecule has 0 amide bonds. The van der Waals surface area contributed by atoms with Gasteiger partial charge in [-0.25, -0.2) is 0 Å². The van der Waals surface area contributed by atoms with Crippen molar-refractivity contribution in [2.75, 3.05) is 6.54 Å². The number of nitrogens with two attached hydrogens (primary N) is 1. The van der Waals surface area contributed by atoms with Crippen LogP contribution in [-0.2, 0) is 0 Å². The monoisotopic (exact) mass is 227 g/mol. The molecule has 1 atom stereocenters. The molecule has 0 aromatic heterocycles. The predicted molar refractivity (Wildman–Crippen MR) is 66.7 cm³/mol. The maximum absolute atomic E-state index is 8.51. The summed E-state index contributed by atoms with van der Waals surface area (Å²) < 4.78 is 0. The minimum Gasteiger partial charge on any atom is -0.409 e. The summed E-state index contributed by atoms with van der Waals surface area (Å²) in [5, 5.41) is 15.0. The number of nitrogens with one attached hydrogen (secondary N) is 1. The molecule has 94 valence electrons. The van der Waals surface area contributed by atoms with Crippen LogP contribution in [0.2, 0.25) is 0 Å². The first-order valence-electron chi connectivity index (χ1n) is 6.46. The van der Waals surface area contributed by atoms with Gasteiger partial charge < -0.3 is 16.3 Å². The molecule has 0 bridgehead atoms. The van der Waals surface area contributed by atoms with Crippen LogP contribution in [0.25, 0.3) is 0 Å². The van der Waals surface area contributed by atoms with E-state index in [2.05, 4.69) is 17.4 Å². The molecule has 1 aliphatic rings. The van der Waals surface area contributed by atoms with Crippen LogP contribution in [0, 0.1) is 5.92 Å². The third-order valence-corrected chi connectivity index (χ3v) is 3.54. The van der Waals surface area contributed by atoms with Crippen LogP contribution in [0.4, 0.5) is 0 Å². The Morgan fingerprint density at radius 2 is 2.19 bits per heavy atom. The SMILES string of the molecule is CCC(CC(N)=NO)NCCC1CCCC1. The number of oxime groups is 1. The van der Waals surface area contributed by atoms with Gasteiger partial charge in [0.2, 0.25) is 0 Å². The first-order valence-corrected chi connectivity index (χ1v) is 6.46. The molecule has 4 heteroatoms. The molecule has 4 nitrogen and oxygen atoms in total. The molecule has 1 fully saturated rings.